The zero-order chi connectivity index (χ0) is 14.2. The number of thiophene rings is 1. The van der Waals surface area contributed by atoms with Gasteiger partial charge in [-0.25, -0.2) is 4.79 Å². The van der Waals surface area contributed by atoms with Gasteiger partial charge in [-0.2, -0.15) is 0 Å². The smallest absolute Gasteiger partial charge is 0.339 e. The number of benzene rings is 1. The second-order valence-electron chi connectivity index (χ2n) is 3.76. The highest BCUT2D eigenvalue weighted by atomic mass is 79.9. The molecule has 0 bridgehead atoms. The highest BCUT2D eigenvalue weighted by Gasteiger charge is 2.24. The van der Waals surface area contributed by atoms with Gasteiger partial charge in [-0.15, -0.1) is 11.3 Å². The van der Waals surface area contributed by atoms with Crippen molar-refractivity contribution in [1.29, 1.82) is 0 Å². The lowest BCUT2D eigenvalue weighted by Crippen LogP contribution is -2.05. The number of halogens is 2. The fourth-order valence-corrected chi connectivity index (χ4v) is 3.45. The Labute approximate surface area is 130 Å². The molecular formula is C12H9Br2NO3S. The molecule has 0 fully saturated rings. The molecule has 0 saturated carbocycles. The van der Waals surface area contributed by atoms with Crippen LogP contribution in [0.15, 0.2) is 26.5 Å². The summed E-state index contributed by atoms with van der Waals surface area (Å²) in [6.45, 7) is 1.72. The number of phenolic OH excluding ortho intramolecular Hbond substituents is 1. The maximum absolute atomic E-state index is 11.4. The third-order valence-electron chi connectivity index (χ3n) is 2.56. The van der Waals surface area contributed by atoms with Gasteiger partial charge < -0.3 is 15.5 Å². The number of nitrogens with one attached hydrogen (secondary N) is 1. The third kappa shape index (κ3) is 2.63. The largest absolute Gasteiger partial charge is 0.505 e. The predicted molar refractivity (Wildman–Crippen MR) is 82.8 cm³/mol. The van der Waals surface area contributed by atoms with Gasteiger partial charge in [0.05, 0.1) is 15.2 Å². The maximum Gasteiger partial charge on any atom is 0.339 e. The number of hydrogen-bond donors (Lipinski definition) is 3. The summed E-state index contributed by atoms with van der Waals surface area (Å²) < 4.78 is 0.896. The molecule has 100 valence electrons. The topological polar surface area (TPSA) is 69.6 Å². The molecule has 0 aliphatic heterocycles. The standard InChI is InChI=1S/C12H9Br2NO3S/c1-5-8(13)7(12(17)18)10(11(16)9(5)14)15-6-3-2-4-19-6/h2-4,15-16H,1H3,(H,17,18). The first kappa shape index (κ1) is 14.4. The van der Waals surface area contributed by atoms with E-state index in [2.05, 4.69) is 37.2 Å². The van der Waals surface area contributed by atoms with E-state index in [1.807, 2.05) is 11.4 Å². The van der Waals surface area contributed by atoms with Crippen molar-refractivity contribution in [1.82, 2.24) is 0 Å². The summed E-state index contributed by atoms with van der Waals surface area (Å²) in [5.74, 6) is -1.23. The van der Waals surface area contributed by atoms with Crippen molar-refractivity contribution in [2.24, 2.45) is 0 Å². The Hall–Kier alpha value is -1.05. The summed E-state index contributed by atoms with van der Waals surface area (Å²) in [6.07, 6.45) is 0. The van der Waals surface area contributed by atoms with Crippen molar-refractivity contribution in [3.8, 4) is 5.75 Å². The lowest BCUT2D eigenvalue weighted by molar-refractivity contribution is 0.0696. The Kier molecular flexibility index (Phi) is 4.17. The number of aromatic carboxylic acids is 1. The molecule has 2 rings (SSSR count). The Morgan fingerprint density at radius 1 is 1.37 bits per heavy atom. The normalized spacial score (nSPS) is 10.5. The molecule has 3 N–H and O–H groups in total. The number of phenols is 1. The van der Waals surface area contributed by atoms with Gasteiger partial charge in [-0.3, -0.25) is 0 Å². The SMILES string of the molecule is Cc1c(Br)c(O)c(Nc2cccs2)c(C(=O)O)c1Br. The molecule has 1 aromatic carbocycles. The Morgan fingerprint density at radius 2 is 2.05 bits per heavy atom. The van der Waals surface area contributed by atoms with E-state index >= 15 is 0 Å². The van der Waals surface area contributed by atoms with E-state index in [0.717, 1.165) is 5.00 Å². The van der Waals surface area contributed by atoms with Crippen LogP contribution >= 0.6 is 43.2 Å². The second kappa shape index (κ2) is 5.52. The molecule has 0 radical (unpaired) electrons. The molecule has 0 aliphatic rings. The van der Waals surface area contributed by atoms with Crippen LogP contribution in [0.25, 0.3) is 0 Å². The molecule has 0 unspecified atom stereocenters. The van der Waals surface area contributed by atoms with Gasteiger partial charge in [-0.1, -0.05) is 0 Å². The van der Waals surface area contributed by atoms with Crippen molar-refractivity contribution >= 4 is 59.9 Å². The number of carboxylic acids is 1. The molecule has 4 nitrogen and oxygen atoms in total. The van der Waals surface area contributed by atoms with Gasteiger partial charge in [0.25, 0.3) is 0 Å². The summed E-state index contributed by atoms with van der Waals surface area (Å²) in [5, 5.41) is 25.0. The van der Waals surface area contributed by atoms with E-state index in [-0.39, 0.29) is 17.0 Å². The average molecular weight is 407 g/mol. The molecule has 2 aromatic rings. The minimum atomic E-state index is -1.11. The quantitative estimate of drug-likeness (QED) is 0.644. The second-order valence-corrected chi connectivity index (χ2v) is 6.29. The van der Waals surface area contributed by atoms with Crippen molar-refractivity contribution < 1.29 is 15.0 Å². The van der Waals surface area contributed by atoms with Crippen LogP contribution in [-0.4, -0.2) is 16.2 Å². The number of carboxylic acid groups (broad SMARTS) is 1. The molecule has 0 aliphatic carbocycles. The minimum Gasteiger partial charge on any atom is -0.505 e. The Balaban J connectivity index is 2.67. The molecule has 1 heterocycles. The van der Waals surface area contributed by atoms with E-state index in [1.54, 1.807) is 13.0 Å². The lowest BCUT2D eigenvalue weighted by Gasteiger charge is -2.15. The molecule has 0 amide bonds. The van der Waals surface area contributed by atoms with Crippen LogP contribution in [0.5, 0.6) is 5.75 Å². The molecule has 0 saturated heterocycles. The zero-order valence-corrected chi connectivity index (χ0v) is 13.7. The summed E-state index contributed by atoms with van der Waals surface area (Å²) in [5.41, 5.74) is 0.803. The maximum atomic E-state index is 11.4. The van der Waals surface area contributed by atoms with Crippen molar-refractivity contribution in [2.45, 2.75) is 6.92 Å². The van der Waals surface area contributed by atoms with E-state index in [4.69, 9.17) is 0 Å². The van der Waals surface area contributed by atoms with Crippen molar-refractivity contribution in [3.05, 3.63) is 37.6 Å². The Morgan fingerprint density at radius 3 is 2.58 bits per heavy atom. The summed E-state index contributed by atoms with van der Waals surface area (Å²) in [4.78, 5) is 11.4. The number of rotatable bonds is 3. The molecule has 1 aromatic heterocycles. The van der Waals surface area contributed by atoms with Crippen LogP contribution < -0.4 is 5.32 Å². The number of carbonyl (C=O) groups is 1. The van der Waals surface area contributed by atoms with Crippen LogP contribution in [0.2, 0.25) is 0 Å². The zero-order valence-electron chi connectivity index (χ0n) is 9.70. The fourth-order valence-electron chi connectivity index (χ4n) is 1.59. The lowest BCUT2D eigenvalue weighted by atomic mass is 10.1. The van der Waals surface area contributed by atoms with E-state index < -0.39 is 5.97 Å². The number of anilines is 2. The summed E-state index contributed by atoms with van der Waals surface area (Å²) in [7, 11) is 0. The third-order valence-corrected chi connectivity index (χ3v) is 5.30. The average Bonchev–Trinajstić information content (AvgIpc) is 2.86. The van der Waals surface area contributed by atoms with Crippen molar-refractivity contribution in [2.75, 3.05) is 5.32 Å². The van der Waals surface area contributed by atoms with E-state index in [0.29, 0.717) is 14.5 Å². The summed E-state index contributed by atoms with van der Waals surface area (Å²) in [6, 6.07) is 3.64. The van der Waals surface area contributed by atoms with E-state index in [1.165, 1.54) is 11.3 Å². The molecule has 0 spiro atoms. The highest BCUT2D eigenvalue weighted by molar-refractivity contribution is 9.11. The predicted octanol–water partition coefficient (Wildman–Crippen LogP) is 4.73. The first-order chi connectivity index (χ1) is 8.93. The van der Waals surface area contributed by atoms with Crippen molar-refractivity contribution in [3.63, 3.8) is 0 Å². The monoisotopic (exact) mass is 405 g/mol. The first-order valence-electron chi connectivity index (χ1n) is 5.17. The minimum absolute atomic E-state index is 0.00611. The first-order valence-corrected chi connectivity index (χ1v) is 7.64. The molecule has 7 heteroatoms. The molecule has 19 heavy (non-hydrogen) atoms. The summed E-state index contributed by atoms with van der Waals surface area (Å²) >= 11 is 7.94. The van der Waals surface area contributed by atoms with Gasteiger partial charge in [0.1, 0.15) is 5.56 Å². The van der Waals surface area contributed by atoms with Crippen LogP contribution in [-0.2, 0) is 0 Å². The van der Waals surface area contributed by atoms with Crippen LogP contribution in [0.4, 0.5) is 10.7 Å². The number of hydrogen-bond acceptors (Lipinski definition) is 4. The van der Waals surface area contributed by atoms with Gasteiger partial charge >= 0.3 is 5.97 Å². The highest BCUT2D eigenvalue weighted by Crippen LogP contribution is 2.44. The fraction of sp³-hybridized carbons (Fsp3) is 0.0833. The van der Waals surface area contributed by atoms with Gasteiger partial charge in [0.2, 0.25) is 0 Å². The molecule has 0 atom stereocenters. The van der Waals surface area contributed by atoms with Gasteiger partial charge in [0.15, 0.2) is 5.75 Å². The Bertz CT molecular complexity index is 641. The van der Waals surface area contributed by atoms with Crippen LogP contribution in [0, 0.1) is 6.92 Å². The molecular weight excluding hydrogens is 398 g/mol. The van der Waals surface area contributed by atoms with Crippen LogP contribution in [0.1, 0.15) is 15.9 Å². The van der Waals surface area contributed by atoms with E-state index in [9.17, 15) is 15.0 Å². The van der Waals surface area contributed by atoms with Gasteiger partial charge in [-0.05, 0) is 61.9 Å². The number of aromatic hydroxyl groups is 1. The van der Waals surface area contributed by atoms with Crippen LogP contribution in [0.3, 0.4) is 0 Å². The van der Waals surface area contributed by atoms with Gasteiger partial charge in [0, 0.05) is 4.47 Å².